The number of hydrogen-bond donors (Lipinski definition) is 2. The molecule has 0 unspecified atom stereocenters. The number of carbonyl (C=O) groups is 3. The standard InChI is InChI=1S/C11H13NO6S/c1-17-6-3-8(19-5-6)10(14)12-7(11(15)16)4-9(13)18-2/h3,5,7H,4H2,1-2H3,(H,12,14)(H,15,16)/t7-/m0/s1. The smallest absolute Gasteiger partial charge is 0.326 e. The van der Waals surface area contributed by atoms with Gasteiger partial charge in [0.2, 0.25) is 0 Å². The quantitative estimate of drug-likeness (QED) is 0.739. The lowest BCUT2D eigenvalue weighted by atomic mass is 10.2. The van der Waals surface area contributed by atoms with Crippen molar-refractivity contribution in [1.29, 1.82) is 0 Å². The molecule has 0 aliphatic rings. The van der Waals surface area contributed by atoms with E-state index in [-0.39, 0.29) is 0 Å². The van der Waals surface area contributed by atoms with Crippen LogP contribution in [0.4, 0.5) is 0 Å². The van der Waals surface area contributed by atoms with E-state index in [1.54, 1.807) is 5.38 Å². The number of thiophene rings is 1. The number of carbonyl (C=O) groups excluding carboxylic acids is 2. The zero-order chi connectivity index (χ0) is 14.4. The first-order chi connectivity index (χ1) is 8.97. The van der Waals surface area contributed by atoms with E-state index in [2.05, 4.69) is 10.1 Å². The van der Waals surface area contributed by atoms with Crippen molar-refractivity contribution in [2.45, 2.75) is 12.5 Å². The molecule has 1 aromatic rings. The minimum absolute atomic E-state index is 0.299. The highest BCUT2D eigenvalue weighted by molar-refractivity contribution is 7.12. The maximum absolute atomic E-state index is 11.8. The Morgan fingerprint density at radius 1 is 1.42 bits per heavy atom. The van der Waals surface area contributed by atoms with E-state index in [0.717, 1.165) is 18.4 Å². The van der Waals surface area contributed by atoms with Crippen molar-refractivity contribution in [1.82, 2.24) is 5.32 Å². The van der Waals surface area contributed by atoms with Gasteiger partial charge in [-0.1, -0.05) is 0 Å². The molecule has 0 aromatic carbocycles. The summed E-state index contributed by atoms with van der Waals surface area (Å²) in [5.41, 5.74) is 0. The van der Waals surface area contributed by atoms with Crippen LogP contribution in [-0.4, -0.2) is 43.2 Å². The summed E-state index contributed by atoms with van der Waals surface area (Å²) in [5.74, 6) is -2.08. The molecule has 2 N–H and O–H groups in total. The lowest BCUT2D eigenvalue weighted by Gasteiger charge is -2.12. The fourth-order valence-corrected chi connectivity index (χ4v) is 1.98. The van der Waals surface area contributed by atoms with E-state index in [0.29, 0.717) is 10.6 Å². The molecule has 1 atom stereocenters. The van der Waals surface area contributed by atoms with Crippen LogP contribution in [0.15, 0.2) is 11.4 Å². The normalized spacial score (nSPS) is 11.5. The summed E-state index contributed by atoms with van der Waals surface area (Å²) in [6.45, 7) is 0. The van der Waals surface area contributed by atoms with Crippen LogP contribution >= 0.6 is 11.3 Å². The molecule has 0 aliphatic heterocycles. The third-order valence-corrected chi connectivity index (χ3v) is 3.14. The Labute approximate surface area is 113 Å². The summed E-state index contributed by atoms with van der Waals surface area (Å²) >= 11 is 1.11. The van der Waals surface area contributed by atoms with E-state index in [1.165, 1.54) is 13.2 Å². The van der Waals surface area contributed by atoms with E-state index in [9.17, 15) is 14.4 Å². The lowest BCUT2D eigenvalue weighted by Crippen LogP contribution is -2.42. The number of amides is 1. The minimum atomic E-state index is -1.33. The third-order valence-electron chi connectivity index (χ3n) is 2.24. The zero-order valence-corrected chi connectivity index (χ0v) is 11.2. The number of aliphatic carboxylic acids is 1. The molecule has 0 fully saturated rings. The van der Waals surface area contributed by atoms with Crippen LogP contribution in [0.2, 0.25) is 0 Å². The molecule has 1 rings (SSSR count). The number of carboxylic acids is 1. The average Bonchev–Trinajstić information content (AvgIpc) is 2.86. The minimum Gasteiger partial charge on any atom is -0.496 e. The largest absolute Gasteiger partial charge is 0.496 e. The first-order valence-electron chi connectivity index (χ1n) is 5.21. The summed E-state index contributed by atoms with van der Waals surface area (Å²) in [6, 6.07) is 0.157. The van der Waals surface area contributed by atoms with Gasteiger partial charge in [-0.25, -0.2) is 4.79 Å². The van der Waals surface area contributed by atoms with E-state index in [1.807, 2.05) is 0 Å². The second-order valence-corrected chi connectivity index (χ2v) is 4.41. The van der Waals surface area contributed by atoms with Crippen molar-refractivity contribution in [3.8, 4) is 5.75 Å². The number of carboxylic acid groups (broad SMARTS) is 1. The average molecular weight is 287 g/mol. The Morgan fingerprint density at radius 2 is 2.11 bits per heavy atom. The van der Waals surface area contributed by atoms with Gasteiger partial charge in [0.05, 0.1) is 25.5 Å². The van der Waals surface area contributed by atoms with Crippen LogP contribution in [0.5, 0.6) is 5.75 Å². The van der Waals surface area contributed by atoms with Gasteiger partial charge < -0.3 is 19.9 Å². The Kier molecular flexibility index (Phi) is 5.31. The van der Waals surface area contributed by atoms with E-state index >= 15 is 0 Å². The first-order valence-corrected chi connectivity index (χ1v) is 6.09. The number of nitrogens with one attached hydrogen (secondary N) is 1. The van der Waals surface area contributed by atoms with Crippen molar-refractivity contribution in [3.63, 3.8) is 0 Å². The van der Waals surface area contributed by atoms with Crippen molar-refractivity contribution in [3.05, 3.63) is 16.3 Å². The number of ether oxygens (including phenoxy) is 2. The SMILES string of the molecule is COC(=O)C[C@H](NC(=O)c1cc(OC)cs1)C(=O)O. The highest BCUT2D eigenvalue weighted by atomic mass is 32.1. The Bertz CT molecular complexity index is 483. The molecule has 0 saturated carbocycles. The maximum Gasteiger partial charge on any atom is 0.326 e. The molecule has 8 heteroatoms. The lowest BCUT2D eigenvalue weighted by molar-refractivity contribution is -0.147. The highest BCUT2D eigenvalue weighted by Gasteiger charge is 2.24. The Hall–Kier alpha value is -2.09. The van der Waals surface area contributed by atoms with Gasteiger partial charge in [0.25, 0.3) is 5.91 Å². The van der Waals surface area contributed by atoms with Crippen LogP contribution in [0.3, 0.4) is 0 Å². The molecule has 1 heterocycles. The fraction of sp³-hybridized carbons (Fsp3) is 0.364. The molecule has 1 amide bonds. The molecule has 0 radical (unpaired) electrons. The van der Waals surface area contributed by atoms with Crippen LogP contribution < -0.4 is 10.1 Å². The molecule has 0 saturated heterocycles. The second-order valence-electron chi connectivity index (χ2n) is 3.50. The van der Waals surface area contributed by atoms with Crippen LogP contribution in [0, 0.1) is 0 Å². The highest BCUT2D eigenvalue weighted by Crippen LogP contribution is 2.21. The van der Waals surface area contributed by atoms with Crippen molar-refractivity contribution >= 4 is 29.2 Å². The third kappa shape index (κ3) is 4.25. The van der Waals surface area contributed by atoms with Crippen molar-refractivity contribution in [2.24, 2.45) is 0 Å². The molecule has 104 valence electrons. The van der Waals surface area contributed by atoms with Gasteiger partial charge in [-0.05, 0) is 0 Å². The van der Waals surface area contributed by atoms with Gasteiger partial charge in [0.1, 0.15) is 11.8 Å². The van der Waals surface area contributed by atoms with Crippen molar-refractivity contribution < 1.29 is 29.0 Å². The summed E-state index contributed by atoms with van der Waals surface area (Å²) < 4.78 is 9.29. The first kappa shape index (κ1) is 15.0. The Balaban J connectivity index is 2.70. The van der Waals surface area contributed by atoms with Gasteiger partial charge >= 0.3 is 11.9 Å². The molecule has 19 heavy (non-hydrogen) atoms. The number of rotatable bonds is 6. The van der Waals surface area contributed by atoms with Crippen LogP contribution in [-0.2, 0) is 14.3 Å². The molecule has 1 aromatic heterocycles. The topological polar surface area (TPSA) is 102 Å². The Morgan fingerprint density at radius 3 is 2.58 bits per heavy atom. The van der Waals surface area contributed by atoms with E-state index < -0.39 is 30.3 Å². The summed E-state index contributed by atoms with van der Waals surface area (Å²) in [5, 5.41) is 12.8. The van der Waals surface area contributed by atoms with Gasteiger partial charge in [-0.3, -0.25) is 9.59 Å². The van der Waals surface area contributed by atoms with Gasteiger partial charge in [-0.15, -0.1) is 11.3 Å². The maximum atomic E-state index is 11.8. The molecule has 0 bridgehead atoms. The van der Waals surface area contributed by atoms with E-state index in [4.69, 9.17) is 9.84 Å². The van der Waals surface area contributed by atoms with Gasteiger partial charge in [-0.2, -0.15) is 0 Å². The van der Waals surface area contributed by atoms with Gasteiger partial charge in [0.15, 0.2) is 0 Å². The number of methoxy groups -OCH3 is 2. The zero-order valence-electron chi connectivity index (χ0n) is 10.3. The summed E-state index contributed by atoms with van der Waals surface area (Å²) in [6.07, 6.45) is -0.430. The van der Waals surface area contributed by atoms with Crippen LogP contribution in [0.1, 0.15) is 16.1 Å². The predicted octanol–water partition coefficient (Wildman–Crippen LogP) is 0.503. The van der Waals surface area contributed by atoms with Crippen LogP contribution in [0.25, 0.3) is 0 Å². The fourth-order valence-electron chi connectivity index (χ4n) is 1.22. The number of esters is 1. The number of hydrogen-bond acceptors (Lipinski definition) is 6. The van der Waals surface area contributed by atoms with Gasteiger partial charge in [0, 0.05) is 11.4 Å². The molecular formula is C11H13NO6S. The second kappa shape index (κ2) is 6.74. The summed E-state index contributed by atoms with van der Waals surface area (Å²) in [4.78, 5) is 34.1. The van der Waals surface area contributed by atoms with Crippen molar-refractivity contribution in [2.75, 3.05) is 14.2 Å². The molecule has 7 nitrogen and oxygen atoms in total. The monoisotopic (exact) mass is 287 g/mol. The molecular weight excluding hydrogens is 274 g/mol. The molecule has 0 spiro atoms. The summed E-state index contributed by atoms with van der Waals surface area (Å²) in [7, 11) is 2.61. The molecule has 0 aliphatic carbocycles. The predicted molar refractivity (Wildman–Crippen MR) is 66.4 cm³/mol.